The lowest BCUT2D eigenvalue weighted by atomic mass is 9.99. The zero-order valence-corrected chi connectivity index (χ0v) is 16.9. The van der Waals surface area contributed by atoms with E-state index in [9.17, 15) is 5.11 Å². The first-order valence-corrected chi connectivity index (χ1v) is 10.1. The summed E-state index contributed by atoms with van der Waals surface area (Å²) in [5.74, 6) is 1.90. The van der Waals surface area contributed by atoms with Gasteiger partial charge >= 0.3 is 0 Å². The summed E-state index contributed by atoms with van der Waals surface area (Å²) in [4.78, 5) is 11.1. The van der Waals surface area contributed by atoms with E-state index in [1.807, 2.05) is 30.3 Å². The van der Waals surface area contributed by atoms with E-state index in [0.29, 0.717) is 5.75 Å². The lowest BCUT2D eigenvalue weighted by Crippen LogP contribution is -2.32. The molecule has 0 aliphatic carbocycles. The van der Waals surface area contributed by atoms with Crippen molar-refractivity contribution >= 4 is 38.3 Å². The molecule has 140 valence electrons. The molecule has 2 heterocycles. The summed E-state index contributed by atoms with van der Waals surface area (Å²) in [6.45, 7) is 5.25. The number of hydrogen-bond donors (Lipinski definition) is 2. The molecule has 1 fully saturated rings. The second-order valence-corrected chi connectivity index (χ2v) is 8.23. The van der Waals surface area contributed by atoms with Gasteiger partial charge in [-0.3, -0.25) is 4.90 Å². The Balaban J connectivity index is 1.57. The number of phenols is 1. The monoisotopic (exact) mass is 426 g/mol. The summed E-state index contributed by atoms with van der Waals surface area (Å²) in [6.07, 6.45) is 4.01. The highest BCUT2D eigenvalue weighted by Crippen LogP contribution is 2.29. The van der Waals surface area contributed by atoms with Crippen molar-refractivity contribution in [2.45, 2.75) is 26.3 Å². The van der Waals surface area contributed by atoms with Crippen molar-refractivity contribution in [1.82, 2.24) is 14.9 Å². The number of piperidine rings is 1. The number of rotatable bonds is 4. The second kappa shape index (κ2) is 7.82. The van der Waals surface area contributed by atoms with Crippen LogP contribution in [-0.2, 0) is 6.54 Å². The van der Waals surface area contributed by atoms with Gasteiger partial charge in [-0.1, -0.05) is 22.9 Å². The van der Waals surface area contributed by atoms with Gasteiger partial charge in [0.15, 0.2) is 0 Å². The molecule has 0 bridgehead atoms. The number of hydrogen-bond acceptors (Lipinski definition) is 5. The Morgan fingerprint density at radius 3 is 2.78 bits per heavy atom. The Labute approximate surface area is 167 Å². The van der Waals surface area contributed by atoms with Crippen molar-refractivity contribution in [2.24, 2.45) is 5.92 Å². The fraction of sp³-hybridized carbons (Fsp3) is 0.333. The van der Waals surface area contributed by atoms with E-state index in [1.165, 1.54) is 12.8 Å². The van der Waals surface area contributed by atoms with Gasteiger partial charge in [-0.15, -0.1) is 0 Å². The largest absolute Gasteiger partial charge is 0.508 e. The number of nitrogens with zero attached hydrogens (tertiary/aromatic N) is 3. The molecule has 1 aromatic heterocycles. The molecule has 4 rings (SSSR count). The van der Waals surface area contributed by atoms with Crippen LogP contribution in [0.3, 0.4) is 0 Å². The normalized spacial score (nSPS) is 15.9. The molecule has 0 atom stereocenters. The molecule has 0 radical (unpaired) electrons. The third-order valence-corrected chi connectivity index (χ3v) is 5.70. The molecule has 0 spiro atoms. The third-order valence-electron chi connectivity index (χ3n) is 5.21. The van der Waals surface area contributed by atoms with Crippen molar-refractivity contribution in [3.63, 3.8) is 0 Å². The van der Waals surface area contributed by atoms with Crippen LogP contribution in [0.5, 0.6) is 5.75 Å². The molecule has 2 aromatic carbocycles. The van der Waals surface area contributed by atoms with Crippen molar-refractivity contribution < 1.29 is 5.11 Å². The first-order valence-electron chi connectivity index (χ1n) is 9.30. The molecule has 1 aliphatic rings. The number of halogens is 1. The number of aromatic hydroxyl groups is 1. The minimum atomic E-state index is 0.342. The summed E-state index contributed by atoms with van der Waals surface area (Å²) in [7, 11) is 0. The van der Waals surface area contributed by atoms with Gasteiger partial charge in [-0.05, 0) is 68.2 Å². The molecule has 1 aliphatic heterocycles. The predicted octanol–water partition coefficient (Wildman–Crippen LogP) is 5.07. The Morgan fingerprint density at radius 1 is 1.15 bits per heavy atom. The van der Waals surface area contributed by atoms with Crippen LogP contribution in [-0.4, -0.2) is 33.1 Å². The molecular formula is C21H23BrN4O. The van der Waals surface area contributed by atoms with Crippen LogP contribution in [0.1, 0.15) is 25.3 Å². The highest BCUT2D eigenvalue weighted by Gasteiger charge is 2.17. The molecule has 0 saturated carbocycles. The second-order valence-electron chi connectivity index (χ2n) is 7.31. The number of fused-ring (bicyclic) bond motifs is 1. The average Bonchev–Trinajstić information content (AvgIpc) is 2.67. The summed E-state index contributed by atoms with van der Waals surface area (Å²) in [5.41, 5.74) is 2.74. The van der Waals surface area contributed by atoms with E-state index >= 15 is 0 Å². The van der Waals surface area contributed by atoms with Crippen LogP contribution in [0.2, 0.25) is 0 Å². The molecule has 2 N–H and O–H groups in total. The van der Waals surface area contributed by atoms with Gasteiger partial charge in [0.1, 0.15) is 17.9 Å². The van der Waals surface area contributed by atoms with Crippen molar-refractivity contribution in [2.75, 3.05) is 18.4 Å². The summed E-state index contributed by atoms with van der Waals surface area (Å²) in [6, 6.07) is 11.6. The zero-order valence-electron chi connectivity index (χ0n) is 15.3. The Morgan fingerprint density at radius 2 is 1.96 bits per heavy atom. The maximum atomic E-state index is 10.3. The first kappa shape index (κ1) is 18.2. The topological polar surface area (TPSA) is 61.3 Å². The molecule has 0 amide bonds. The van der Waals surface area contributed by atoms with Crippen LogP contribution in [0.15, 0.2) is 47.2 Å². The third kappa shape index (κ3) is 4.22. The summed E-state index contributed by atoms with van der Waals surface area (Å²) in [5, 5.41) is 14.6. The molecule has 27 heavy (non-hydrogen) atoms. The van der Waals surface area contributed by atoms with Gasteiger partial charge in [-0.2, -0.15) is 0 Å². The summed E-state index contributed by atoms with van der Waals surface area (Å²) < 4.78 is 0.985. The maximum absolute atomic E-state index is 10.3. The van der Waals surface area contributed by atoms with E-state index < -0.39 is 0 Å². The lowest BCUT2D eigenvalue weighted by molar-refractivity contribution is 0.184. The van der Waals surface area contributed by atoms with Gasteiger partial charge < -0.3 is 10.4 Å². The van der Waals surface area contributed by atoms with Crippen LogP contribution in [0.4, 0.5) is 11.5 Å². The Kier molecular flexibility index (Phi) is 5.27. The minimum Gasteiger partial charge on any atom is -0.508 e. The molecular weight excluding hydrogens is 404 g/mol. The molecule has 1 saturated heterocycles. The van der Waals surface area contributed by atoms with E-state index in [2.05, 4.69) is 43.0 Å². The molecule has 6 heteroatoms. The number of nitrogens with one attached hydrogen (secondary N) is 1. The average molecular weight is 427 g/mol. The quantitative estimate of drug-likeness (QED) is 0.569. The van der Waals surface area contributed by atoms with Gasteiger partial charge in [0.05, 0.1) is 5.52 Å². The summed E-state index contributed by atoms with van der Waals surface area (Å²) >= 11 is 3.51. The van der Waals surface area contributed by atoms with Crippen LogP contribution in [0.25, 0.3) is 10.9 Å². The fourth-order valence-corrected chi connectivity index (χ4v) is 3.88. The van der Waals surface area contributed by atoms with Crippen LogP contribution in [0, 0.1) is 5.92 Å². The maximum Gasteiger partial charge on any atom is 0.141 e. The highest BCUT2D eigenvalue weighted by molar-refractivity contribution is 9.10. The number of phenolic OH excluding ortho intramolecular Hbond substituents is 1. The standard InChI is InChI=1S/C21H23BrN4O/c1-14-6-8-26(9-7-14)12-15-10-17(3-5-20(15)27)25-21-18-11-16(22)2-4-19(18)23-13-24-21/h2-5,10-11,13-14,27H,6-9,12H2,1H3,(H,23,24,25). The minimum absolute atomic E-state index is 0.342. The molecule has 5 nitrogen and oxygen atoms in total. The van der Waals surface area contributed by atoms with Gasteiger partial charge in [-0.25, -0.2) is 9.97 Å². The van der Waals surface area contributed by atoms with Crippen LogP contribution < -0.4 is 5.32 Å². The van der Waals surface area contributed by atoms with Crippen LogP contribution >= 0.6 is 15.9 Å². The fourth-order valence-electron chi connectivity index (χ4n) is 3.52. The van der Waals surface area contributed by atoms with E-state index in [-0.39, 0.29) is 0 Å². The van der Waals surface area contributed by atoms with E-state index in [1.54, 1.807) is 12.4 Å². The van der Waals surface area contributed by atoms with Gasteiger partial charge in [0.2, 0.25) is 0 Å². The number of anilines is 2. The predicted molar refractivity (Wildman–Crippen MR) is 112 cm³/mol. The highest BCUT2D eigenvalue weighted by atomic mass is 79.9. The van der Waals surface area contributed by atoms with Crippen molar-refractivity contribution in [3.8, 4) is 5.75 Å². The van der Waals surface area contributed by atoms with Crippen molar-refractivity contribution in [1.29, 1.82) is 0 Å². The lowest BCUT2D eigenvalue weighted by Gasteiger charge is -2.30. The Hall–Kier alpha value is -2.18. The smallest absolute Gasteiger partial charge is 0.141 e. The SMILES string of the molecule is CC1CCN(Cc2cc(Nc3ncnc4ccc(Br)cc34)ccc2O)CC1. The van der Waals surface area contributed by atoms with Gasteiger partial charge in [0.25, 0.3) is 0 Å². The Bertz CT molecular complexity index is 954. The zero-order chi connectivity index (χ0) is 18.8. The first-order chi connectivity index (χ1) is 13.1. The van der Waals surface area contributed by atoms with E-state index in [4.69, 9.17) is 0 Å². The number of benzene rings is 2. The van der Waals surface area contributed by atoms with Crippen molar-refractivity contribution in [3.05, 3.63) is 52.8 Å². The molecule has 3 aromatic rings. The number of aromatic nitrogens is 2. The van der Waals surface area contributed by atoms with E-state index in [0.717, 1.165) is 58.0 Å². The van der Waals surface area contributed by atoms with Gasteiger partial charge in [0, 0.05) is 27.7 Å². The number of likely N-dealkylation sites (tertiary alicyclic amines) is 1. The molecule has 0 unspecified atom stereocenters.